The van der Waals surface area contributed by atoms with Crippen LogP contribution < -0.4 is 14.8 Å². The summed E-state index contributed by atoms with van der Waals surface area (Å²) in [7, 11) is 0. The minimum Gasteiger partial charge on any atom is -0.486 e. The van der Waals surface area contributed by atoms with Gasteiger partial charge in [-0.1, -0.05) is 18.6 Å². The predicted octanol–water partition coefficient (Wildman–Crippen LogP) is 2.69. The second-order valence-electron chi connectivity index (χ2n) is 4.37. The lowest BCUT2D eigenvalue weighted by Gasteiger charge is -2.28. The van der Waals surface area contributed by atoms with Crippen LogP contribution in [0.1, 0.15) is 30.9 Å². The van der Waals surface area contributed by atoms with E-state index in [2.05, 4.69) is 17.4 Å². The van der Waals surface area contributed by atoms with Crippen LogP contribution in [0.25, 0.3) is 0 Å². The number of benzene rings is 1. The Kier molecular flexibility index (Phi) is 4.13. The molecule has 0 aliphatic carbocycles. The van der Waals surface area contributed by atoms with E-state index in [1.807, 2.05) is 6.07 Å². The van der Waals surface area contributed by atoms with Gasteiger partial charge in [0.05, 0.1) is 0 Å². The molecule has 2 aliphatic rings. The molecule has 0 bridgehead atoms. The monoisotopic (exact) mass is 255 g/mol. The zero-order valence-corrected chi connectivity index (χ0v) is 10.6. The SMILES string of the molecule is Cl.c1cc2c(c([C@H]3CCCCN3)c1)OCCO2. The molecule has 1 fully saturated rings. The Hall–Kier alpha value is -0.930. The summed E-state index contributed by atoms with van der Waals surface area (Å²) in [6, 6.07) is 6.63. The molecule has 17 heavy (non-hydrogen) atoms. The molecule has 2 heterocycles. The average molecular weight is 256 g/mol. The summed E-state index contributed by atoms with van der Waals surface area (Å²) in [4.78, 5) is 0. The van der Waals surface area contributed by atoms with Crippen molar-refractivity contribution in [3.63, 3.8) is 0 Å². The summed E-state index contributed by atoms with van der Waals surface area (Å²) in [5.74, 6) is 1.85. The highest BCUT2D eigenvalue weighted by atomic mass is 35.5. The summed E-state index contributed by atoms with van der Waals surface area (Å²) < 4.78 is 11.3. The van der Waals surface area contributed by atoms with Gasteiger partial charge < -0.3 is 14.8 Å². The van der Waals surface area contributed by atoms with Gasteiger partial charge in [0.2, 0.25) is 0 Å². The molecule has 94 valence electrons. The smallest absolute Gasteiger partial charge is 0.166 e. The molecule has 3 nitrogen and oxygen atoms in total. The highest BCUT2D eigenvalue weighted by molar-refractivity contribution is 5.85. The van der Waals surface area contributed by atoms with Crippen molar-refractivity contribution in [3.8, 4) is 11.5 Å². The summed E-state index contributed by atoms with van der Waals surface area (Å²) in [6.07, 6.45) is 3.77. The van der Waals surface area contributed by atoms with Crippen molar-refractivity contribution in [2.45, 2.75) is 25.3 Å². The van der Waals surface area contributed by atoms with Gasteiger partial charge in [0.15, 0.2) is 11.5 Å². The zero-order valence-electron chi connectivity index (χ0n) is 9.78. The highest BCUT2D eigenvalue weighted by Crippen LogP contribution is 2.38. The van der Waals surface area contributed by atoms with E-state index in [0.29, 0.717) is 19.3 Å². The number of para-hydroxylation sites is 1. The van der Waals surface area contributed by atoms with Gasteiger partial charge in [-0.25, -0.2) is 0 Å². The summed E-state index contributed by atoms with van der Waals surface area (Å²) in [6.45, 7) is 2.43. The molecule has 1 aromatic rings. The first-order valence-electron chi connectivity index (χ1n) is 6.07. The minimum atomic E-state index is 0. The average Bonchev–Trinajstić information content (AvgIpc) is 2.39. The van der Waals surface area contributed by atoms with Gasteiger partial charge in [0.25, 0.3) is 0 Å². The van der Waals surface area contributed by atoms with Crippen molar-refractivity contribution < 1.29 is 9.47 Å². The van der Waals surface area contributed by atoms with E-state index in [1.54, 1.807) is 0 Å². The summed E-state index contributed by atoms with van der Waals surface area (Å²) in [5, 5.41) is 3.55. The lowest BCUT2D eigenvalue weighted by Crippen LogP contribution is -2.28. The number of ether oxygens (including phenoxy) is 2. The van der Waals surface area contributed by atoms with Gasteiger partial charge in [-0.05, 0) is 25.5 Å². The third kappa shape index (κ3) is 2.50. The van der Waals surface area contributed by atoms with Gasteiger partial charge in [0, 0.05) is 11.6 Å². The van der Waals surface area contributed by atoms with E-state index in [1.165, 1.54) is 24.8 Å². The van der Waals surface area contributed by atoms with E-state index < -0.39 is 0 Å². The van der Waals surface area contributed by atoms with E-state index in [4.69, 9.17) is 9.47 Å². The van der Waals surface area contributed by atoms with Crippen LogP contribution in [0.5, 0.6) is 11.5 Å². The quantitative estimate of drug-likeness (QED) is 0.837. The van der Waals surface area contributed by atoms with Crippen LogP contribution in [-0.2, 0) is 0 Å². The van der Waals surface area contributed by atoms with Crippen molar-refractivity contribution in [1.82, 2.24) is 5.32 Å². The van der Waals surface area contributed by atoms with Crippen molar-refractivity contribution in [3.05, 3.63) is 23.8 Å². The molecule has 0 saturated carbocycles. The van der Waals surface area contributed by atoms with Crippen molar-refractivity contribution in [2.75, 3.05) is 19.8 Å². The lowest BCUT2D eigenvalue weighted by atomic mass is 9.96. The topological polar surface area (TPSA) is 30.5 Å². The first kappa shape index (κ1) is 12.5. The van der Waals surface area contributed by atoms with Crippen LogP contribution in [0.2, 0.25) is 0 Å². The number of fused-ring (bicyclic) bond motifs is 1. The zero-order chi connectivity index (χ0) is 10.8. The van der Waals surface area contributed by atoms with Crippen LogP contribution in [0.4, 0.5) is 0 Å². The van der Waals surface area contributed by atoms with Gasteiger partial charge in [-0.3, -0.25) is 0 Å². The van der Waals surface area contributed by atoms with Crippen LogP contribution >= 0.6 is 12.4 Å². The first-order chi connectivity index (χ1) is 7.95. The molecule has 1 saturated heterocycles. The molecule has 1 N–H and O–H groups in total. The molecule has 1 aromatic carbocycles. The Labute approximate surface area is 108 Å². The molecule has 1 atom stereocenters. The minimum absolute atomic E-state index is 0. The van der Waals surface area contributed by atoms with Gasteiger partial charge >= 0.3 is 0 Å². The Bertz CT molecular complexity index is 378. The van der Waals surface area contributed by atoms with E-state index >= 15 is 0 Å². The van der Waals surface area contributed by atoms with Gasteiger partial charge in [-0.15, -0.1) is 12.4 Å². The van der Waals surface area contributed by atoms with Gasteiger partial charge in [-0.2, -0.15) is 0 Å². The summed E-state index contributed by atoms with van der Waals surface area (Å²) >= 11 is 0. The van der Waals surface area contributed by atoms with Crippen LogP contribution in [0, 0.1) is 0 Å². The number of hydrogen-bond donors (Lipinski definition) is 1. The molecule has 0 spiro atoms. The third-order valence-electron chi connectivity index (χ3n) is 3.28. The van der Waals surface area contributed by atoms with Crippen LogP contribution in [-0.4, -0.2) is 19.8 Å². The maximum atomic E-state index is 5.74. The second kappa shape index (κ2) is 5.61. The fraction of sp³-hybridized carbons (Fsp3) is 0.538. The van der Waals surface area contributed by atoms with E-state index in [9.17, 15) is 0 Å². The standard InChI is InChI=1S/C13H17NO2.ClH/c1-2-7-14-11(5-1)10-4-3-6-12-13(10)16-9-8-15-12;/h3-4,6,11,14H,1-2,5,7-9H2;1H/t11-;/m1./s1. The number of rotatable bonds is 1. The summed E-state index contributed by atoms with van der Waals surface area (Å²) in [5.41, 5.74) is 1.26. The molecule has 0 aromatic heterocycles. The third-order valence-corrected chi connectivity index (χ3v) is 3.28. The Balaban J connectivity index is 0.00000108. The Morgan fingerprint density at radius 2 is 2.00 bits per heavy atom. The van der Waals surface area contributed by atoms with Crippen LogP contribution in [0.15, 0.2) is 18.2 Å². The number of hydrogen-bond acceptors (Lipinski definition) is 3. The molecule has 0 radical (unpaired) electrons. The van der Waals surface area contributed by atoms with Crippen LogP contribution in [0.3, 0.4) is 0 Å². The molecular formula is C13H18ClNO2. The molecule has 4 heteroatoms. The first-order valence-corrected chi connectivity index (χ1v) is 6.07. The largest absolute Gasteiger partial charge is 0.486 e. The highest BCUT2D eigenvalue weighted by Gasteiger charge is 2.22. The molecule has 0 unspecified atom stereocenters. The Morgan fingerprint density at radius 3 is 2.82 bits per heavy atom. The number of halogens is 1. The van der Waals surface area contributed by atoms with E-state index in [0.717, 1.165) is 18.0 Å². The van der Waals surface area contributed by atoms with Crippen molar-refractivity contribution in [2.24, 2.45) is 0 Å². The molecule has 2 aliphatic heterocycles. The molecule has 3 rings (SSSR count). The molecular weight excluding hydrogens is 238 g/mol. The molecule has 0 amide bonds. The fourth-order valence-corrected chi connectivity index (χ4v) is 2.49. The van der Waals surface area contributed by atoms with Gasteiger partial charge in [0.1, 0.15) is 13.2 Å². The van der Waals surface area contributed by atoms with E-state index in [-0.39, 0.29) is 12.4 Å². The van der Waals surface area contributed by atoms with Crippen molar-refractivity contribution in [1.29, 1.82) is 0 Å². The predicted molar refractivity (Wildman–Crippen MR) is 69.3 cm³/mol. The Morgan fingerprint density at radius 1 is 1.12 bits per heavy atom. The maximum Gasteiger partial charge on any atom is 0.166 e. The van der Waals surface area contributed by atoms with Crippen molar-refractivity contribution >= 4 is 12.4 Å². The maximum absolute atomic E-state index is 5.74. The second-order valence-corrected chi connectivity index (χ2v) is 4.37. The number of nitrogens with one attached hydrogen (secondary N) is 1. The number of piperidine rings is 1. The normalized spacial score (nSPS) is 22.7. The fourth-order valence-electron chi connectivity index (χ4n) is 2.49. The lowest BCUT2D eigenvalue weighted by molar-refractivity contribution is 0.168.